The van der Waals surface area contributed by atoms with Gasteiger partial charge >= 0.3 is 5.97 Å². The minimum atomic E-state index is -0.990. The Hall–Kier alpha value is -4.39. The Labute approximate surface area is 200 Å². The second kappa shape index (κ2) is 8.76. The molecule has 4 aromatic rings. The second-order valence-corrected chi connectivity index (χ2v) is 8.56. The monoisotopic (exact) mass is 468 g/mol. The van der Waals surface area contributed by atoms with E-state index < -0.39 is 12.0 Å². The third-order valence-electron chi connectivity index (χ3n) is 6.08. The summed E-state index contributed by atoms with van der Waals surface area (Å²) in [5, 5.41) is 13.4. The van der Waals surface area contributed by atoms with Crippen LogP contribution in [0.4, 0.5) is 4.39 Å². The highest BCUT2D eigenvalue weighted by Crippen LogP contribution is 2.42. The van der Waals surface area contributed by atoms with Crippen LogP contribution in [0.15, 0.2) is 76.2 Å². The smallest absolute Gasteiger partial charge is 0.335 e. The molecule has 1 aliphatic heterocycles. The van der Waals surface area contributed by atoms with Crippen LogP contribution in [-0.4, -0.2) is 27.7 Å². The highest BCUT2D eigenvalue weighted by atomic mass is 19.1. The number of rotatable bonds is 5. The van der Waals surface area contributed by atoms with E-state index in [9.17, 15) is 19.1 Å². The van der Waals surface area contributed by atoms with E-state index in [2.05, 4.69) is 5.16 Å². The topological polar surface area (TPSA) is 92.8 Å². The summed E-state index contributed by atoms with van der Waals surface area (Å²) >= 11 is 0. The molecule has 7 heteroatoms. The van der Waals surface area contributed by atoms with Crippen LogP contribution in [-0.2, 0) is 4.79 Å². The van der Waals surface area contributed by atoms with Crippen LogP contribution in [0.3, 0.4) is 0 Å². The highest BCUT2D eigenvalue weighted by molar-refractivity contribution is 6.17. The predicted molar refractivity (Wildman–Crippen MR) is 129 cm³/mol. The number of ketones is 1. The fraction of sp³-hybridized carbons (Fsp3) is 0.143. The quantitative estimate of drug-likeness (QED) is 0.386. The number of halogens is 1. The fourth-order valence-electron chi connectivity index (χ4n) is 4.42. The third kappa shape index (κ3) is 4.17. The summed E-state index contributed by atoms with van der Waals surface area (Å²) < 4.78 is 19.4. The number of carboxylic acid groups (broad SMARTS) is 1. The van der Waals surface area contributed by atoms with Gasteiger partial charge in [0.05, 0.1) is 22.5 Å². The van der Waals surface area contributed by atoms with Crippen LogP contribution < -0.4 is 0 Å². The number of aromatic carboxylic acids is 1. The van der Waals surface area contributed by atoms with Crippen molar-refractivity contribution in [2.45, 2.75) is 26.3 Å². The van der Waals surface area contributed by atoms with Gasteiger partial charge in [-0.3, -0.25) is 9.79 Å². The zero-order chi connectivity index (χ0) is 24.7. The molecule has 0 radical (unpaired) electrons. The maximum Gasteiger partial charge on any atom is 0.335 e. The van der Waals surface area contributed by atoms with Crippen molar-refractivity contribution in [1.82, 2.24) is 5.16 Å². The molecule has 0 spiro atoms. The van der Waals surface area contributed by atoms with E-state index in [4.69, 9.17) is 9.52 Å². The van der Waals surface area contributed by atoms with Gasteiger partial charge in [-0.1, -0.05) is 29.4 Å². The van der Waals surface area contributed by atoms with Gasteiger partial charge in [-0.25, -0.2) is 9.18 Å². The molecule has 0 saturated heterocycles. The van der Waals surface area contributed by atoms with Crippen molar-refractivity contribution >= 4 is 17.5 Å². The molecule has 5 rings (SSSR count). The van der Waals surface area contributed by atoms with Crippen LogP contribution in [0.5, 0.6) is 0 Å². The van der Waals surface area contributed by atoms with Crippen molar-refractivity contribution in [3.05, 3.63) is 101 Å². The molecule has 1 N–H and O–H groups in total. The van der Waals surface area contributed by atoms with Crippen molar-refractivity contribution in [2.75, 3.05) is 0 Å². The summed E-state index contributed by atoms with van der Waals surface area (Å²) in [6.07, 6.45) is 0.143. The minimum Gasteiger partial charge on any atom is -0.478 e. The molecule has 0 amide bonds. The number of benzene rings is 3. The zero-order valence-corrected chi connectivity index (χ0v) is 19.1. The van der Waals surface area contributed by atoms with E-state index in [1.165, 1.54) is 19.1 Å². The zero-order valence-electron chi connectivity index (χ0n) is 19.1. The van der Waals surface area contributed by atoms with E-state index in [0.29, 0.717) is 22.7 Å². The number of Topliss-reactive ketones (excluding diaryl/α,β-unsaturated/α-hetero) is 1. The van der Waals surface area contributed by atoms with E-state index in [1.807, 2.05) is 25.1 Å². The highest BCUT2D eigenvalue weighted by Gasteiger charge is 2.31. The van der Waals surface area contributed by atoms with Crippen molar-refractivity contribution < 1.29 is 23.6 Å². The van der Waals surface area contributed by atoms with E-state index in [0.717, 1.165) is 27.8 Å². The van der Waals surface area contributed by atoms with Gasteiger partial charge in [0.25, 0.3) is 0 Å². The minimum absolute atomic E-state index is 0.0395. The molecular weight excluding hydrogens is 447 g/mol. The van der Waals surface area contributed by atoms with E-state index in [-0.39, 0.29) is 23.6 Å². The van der Waals surface area contributed by atoms with Gasteiger partial charge in [-0.05, 0) is 73.0 Å². The molecule has 0 saturated carbocycles. The van der Waals surface area contributed by atoms with Crippen LogP contribution >= 0.6 is 0 Å². The number of aliphatic imine (C=N–C) groups is 1. The van der Waals surface area contributed by atoms with Gasteiger partial charge in [-0.15, -0.1) is 0 Å². The predicted octanol–water partition coefficient (Wildman–Crippen LogP) is 6.03. The number of fused-ring (bicyclic) bond motifs is 3. The van der Waals surface area contributed by atoms with Crippen LogP contribution in [0.25, 0.3) is 22.3 Å². The van der Waals surface area contributed by atoms with Crippen molar-refractivity contribution in [2.24, 2.45) is 4.99 Å². The summed E-state index contributed by atoms with van der Waals surface area (Å²) in [7, 11) is 0. The molecule has 174 valence electrons. The molecule has 2 heterocycles. The first kappa shape index (κ1) is 22.4. The Bertz CT molecular complexity index is 1480. The Morgan fingerprint density at radius 3 is 2.26 bits per heavy atom. The molecule has 1 aliphatic rings. The standard InChI is InChI=1S/C28H21FN2O4/c1-15(32)13-24-27-25(16(2)31-35-27)22-12-9-20(17-3-5-19(6-4-17)28(33)34)14-23(22)26(30-24)18-7-10-21(29)11-8-18/h3-12,14,24H,13H2,1-2H3,(H,33,34)/t24-/m0/s1. The first-order chi connectivity index (χ1) is 16.8. The van der Waals surface area contributed by atoms with Gasteiger partial charge in [0.1, 0.15) is 17.6 Å². The normalized spacial score (nSPS) is 14.5. The third-order valence-corrected chi connectivity index (χ3v) is 6.08. The Morgan fingerprint density at radius 2 is 1.60 bits per heavy atom. The Kier molecular flexibility index (Phi) is 5.61. The van der Waals surface area contributed by atoms with Gasteiger partial charge in [-0.2, -0.15) is 0 Å². The summed E-state index contributed by atoms with van der Waals surface area (Å²) in [6, 6.07) is 18.0. The number of carbonyl (C=O) groups excluding carboxylic acids is 1. The van der Waals surface area contributed by atoms with Crippen LogP contribution in [0.1, 0.15) is 52.3 Å². The maximum absolute atomic E-state index is 13.7. The number of aryl methyl sites for hydroxylation is 1. The number of carbonyl (C=O) groups is 2. The van der Waals surface area contributed by atoms with Gasteiger partial charge < -0.3 is 9.63 Å². The molecule has 0 fully saturated rings. The first-order valence-corrected chi connectivity index (χ1v) is 11.1. The molecular formula is C28H21FN2O4. The summed E-state index contributed by atoms with van der Waals surface area (Å²) in [5.74, 6) is -0.865. The average molecular weight is 468 g/mol. The molecule has 1 atom stereocenters. The average Bonchev–Trinajstić information content (AvgIpc) is 3.16. The molecule has 0 bridgehead atoms. The number of carboxylic acids is 1. The maximum atomic E-state index is 13.7. The van der Waals surface area contributed by atoms with Crippen molar-refractivity contribution in [1.29, 1.82) is 0 Å². The molecule has 3 aromatic carbocycles. The molecule has 35 heavy (non-hydrogen) atoms. The van der Waals surface area contributed by atoms with E-state index >= 15 is 0 Å². The Balaban J connectivity index is 1.75. The number of hydrogen-bond donors (Lipinski definition) is 1. The molecule has 0 unspecified atom stereocenters. The van der Waals surface area contributed by atoms with E-state index in [1.54, 1.807) is 36.4 Å². The lowest BCUT2D eigenvalue weighted by Crippen LogP contribution is -2.08. The lowest BCUT2D eigenvalue weighted by molar-refractivity contribution is -0.117. The lowest BCUT2D eigenvalue weighted by Gasteiger charge is -2.14. The second-order valence-electron chi connectivity index (χ2n) is 8.56. The van der Waals surface area contributed by atoms with Gasteiger partial charge in [0, 0.05) is 17.5 Å². The number of nitrogens with zero attached hydrogens (tertiary/aromatic N) is 2. The lowest BCUT2D eigenvalue weighted by atomic mass is 9.89. The number of aromatic nitrogens is 1. The first-order valence-electron chi connectivity index (χ1n) is 11.1. The largest absolute Gasteiger partial charge is 0.478 e. The molecule has 1 aromatic heterocycles. The fourth-order valence-corrected chi connectivity index (χ4v) is 4.42. The Morgan fingerprint density at radius 1 is 0.943 bits per heavy atom. The summed E-state index contributed by atoms with van der Waals surface area (Å²) in [5.41, 5.74) is 6.32. The van der Waals surface area contributed by atoms with Gasteiger partial charge in [0.15, 0.2) is 5.76 Å². The van der Waals surface area contributed by atoms with Crippen molar-refractivity contribution in [3.8, 4) is 22.3 Å². The summed E-state index contributed by atoms with van der Waals surface area (Å²) in [4.78, 5) is 28.3. The molecule has 6 nitrogen and oxygen atoms in total. The van der Waals surface area contributed by atoms with Crippen LogP contribution in [0.2, 0.25) is 0 Å². The SMILES string of the molecule is CC(=O)C[C@@H]1N=C(c2ccc(F)cc2)c2cc(-c3ccc(C(=O)O)cc3)ccc2-c2c(C)noc21. The molecule has 0 aliphatic carbocycles. The summed E-state index contributed by atoms with van der Waals surface area (Å²) in [6.45, 7) is 3.35. The van der Waals surface area contributed by atoms with Crippen LogP contribution in [0, 0.1) is 12.7 Å². The number of hydrogen-bond acceptors (Lipinski definition) is 5. The van der Waals surface area contributed by atoms with Gasteiger partial charge in [0.2, 0.25) is 0 Å². The van der Waals surface area contributed by atoms with Crippen molar-refractivity contribution in [3.63, 3.8) is 0 Å².